The van der Waals surface area contributed by atoms with Crippen molar-refractivity contribution in [2.24, 2.45) is 0 Å². The van der Waals surface area contributed by atoms with Crippen LogP contribution < -0.4 is 0 Å². The Hall–Kier alpha value is -0.340. The Morgan fingerprint density at radius 3 is 1.52 bits per heavy atom. The van der Waals surface area contributed by atoms with E-state index in [2.05, 4.69) is 13.6 Å². The lowest BCUT2D eigenvalue weighted by Crippen LogP contribution is -2.19. The Morgan fingerprint density at radius 1 is 0.880 bits per heavy atom. The van der Waals surface area contributed by atoms with Gasteiger partial charge in [0.1, 0.15) is 5.31 Å². The molecule has 11 nitrogen and oxygen atoms in total. The molecule has 14 heteroatoms. The molecule has 0 aliphatic rings. The predicted molar refractivity (Wildman–Crippen MR) is 88.5 cm³/mol. The third-order valence-electron chi connectivity index (χ3n) is 2.80. The minimum atomic E-state index is -4.94. The maximum Gasteiger partial charge on any atom is 0.366 e. The molecule has 0 radical (unpaired) electrons. The van der Waals surface area contributed by atoms with Crippen LogP contribution in [-0.4, -0.2) is 51.0 Å². The molecule has 0 aliphatic heterocycles. The summed E-state index contributed by atoms with van der Waals surface area (Å²) in [5.41, 5.74) is -0.814. The average molecular weight is 424 g/mol. The van der Waals surface area contributed by atoms with Gasteiger partial charge in [0, 0.05) is 0 Å². The van der Waals surface area contributed by atoms with Crippen molar-refractivity contribution in [3.63, 3.8) is 0 Å². The molecular weight excluding hydrogens is 401 g/mol. The van der Waals surface area contributed by atoms with Crippen LogP contribution in [0.3, 0.4) is 0 Å². The Morgan fingerprint density at radius 2 is 1.24 bits per heavy atom. The molecule has 0 heterocycles. The number of aliphatic carboxylic acids is 1. The van der Waals surface area contributed by atoms with Gasteiger partial charge in [0.25, 0.3) is 0 Å². The van der Waals surface area contributed by atoms with Crippen molar-refractivity contribution in [3.8, 4) is 0 Å². The van der Waals surface area contributed by atoms with Crippen LogP contribution in [0, 0.1) is 0 Å². The fraction of sp³-hybridized carbons (Fsp3) is 0.727. The molecule has 0 aromatic heterocycles. The second kappa shape index (κ2) is 9.55. The van der Waals surface area contributed by atoms with E-state index >= 15 is 0 Å². The van der Waals surface area contributed by atoms with Crippen LogP contribution >= 0.6 is 22.8 Å². The molecule has 25 heavy (non-hydrogen) atoms. The van der Waals surface area contributed by atoms with E-state index in [0.717, 1.165) is 6.92 Å². The van der Waals surface area contributed by atoms with Crippen molar-refractivity contribution in [1.82, 2.24) is 0 Å². The van der Waals surface area contributed by atoms with Crippen LogP contribution in [0.15, 0.2) is 10.9 Å². The summed E-state index contributed by atoms with van der Waals surface area (Å²) < 4.78 is 50.6. The fourth-order valence-corrected chi connectivity index (χ4v) is 7.69. The van der Waals surface area contributed by atoms with E-state index in [-0.39, 0.29) is 19.8 Å². The molecule has 0 saturated carbocycles. The number of carboxylic acids is 1. The maximum absolute atomic E-state index is 12.4. The molecule has 0 aromatic rings. The number of rotatable bonds is 11. The van der Waals surface area contributed by atoms with Gasteiger partial charge in [-0.05, 0) is 33.3 Å². The minimum absolute atomic E-state index is 0.339. The highest BCUT2D eigenvalue weighted by atomic mass is 31.2. The van der Waals surface area contributed by atoms with E-state index in [9.17, 15) is 38.3 Å². The van der Waals surface area contributed by atoms with Crippen LogP contribution in [0.25, 0.3) is 0 Å². The van der Waals surface area contributed by atoms with Gasteiger partial charge in [-0.25, -0.2) is 4.79 Å². The highest BCUT2D eigenvalue weighted by Crippen LogP contribution is 2.69. The zero-order chi connectivity index (χ0) is 20.1. The van der Waals surface area contributed by atoms with Gasteiger partial charge in [0.2, 0.25) is 0 Å². The Kier molecular flexibility index (Phi) is 9.42. The highest BCUT2D eigenvalue weighted by molar-refractivity contribution is 7.72. The number of carboxylic acid groups (broad SMARTS) is 1. The van der Waals surface area contributed by atoms with Gasteiger partial charge in [0.05, 0.1) is 19.8 Å². The van der Waals surface area contributed by atoms with Gasteiger partial charge in [-0.2, -0.15) is 0 Å². The van der Waals surface area contributed by atoms with Gasteiger partial charge < -0.3 is 33.4 Å². The molecule has 0 bridgehead atoms. The van der Waals surface area contributed by atoms with E-state index < -0.39 is 45.0 Å². The van der Waals surface area contributed by atoms with E-state index in [1.807, 2.05) is 0 Å². The molecule has 3 atom stereocenters. The van der Waals surface area contributed by atoms with Crippen molar-refractivity contribution in [1.29, 1.82) is 0 Å². The largest absolute Gasteiger partial charge is 0.477 e. The second-order valence-electron chi connectivity index (χ2n) is 4.61. The van der Waals surface area contributed by atoms with Crippen molar-refractivity contribution >= 4 is 28.8 Å². The van der Waals surface area contributed by atoms with Crippen molar-refractivity contribution < 1.29 is 51.8 Å². The van der Waals surface area contributed by atoms with Crippen LogP contribution in [0.2, 0.25) is 0 Å². The van der Waals surface area contributed by atoms with Gasteiger partial charge in [0.15, 0.2) is 5.40 Å². The molecule has 0 rings (SSSR count). The normalized spacial score (nSPS) is 21.4. The highest BCUT2D eigenvalue weighted by Gasteiger charge is 2.51. The van der Waals surface area contributed by atoms with Crippen molar-refractivity contribution in [2.75, 3.05) is 19.8 Å². The first-order valence-electron chi connectivity index (χ1n) is 7.14. The summed E-state index contributed by atoms with van der Waals surface area (Å²) in [5, 5.41) is 5.59. The zero-order valence-electron chi connectivity index (χ0n) is 14.2. The summed E-state index contributed by atoms with van der Waals surface area (Å²) in [5.74, 6) is -1.95. The van der Waals surface area contributed by atoms with Gasteiger partial charge in [-0.15, -0.1) is 0 Å². The SMILES string of the molecule is CCOP(=O)(O)/C(C(=O)O)=C(\C)C(P(=O)(O)OCC)P(=O)(O)OCC. The van der Waals surface area contributed by atoms with E-state index in [1.54, 1.807) is 0 Å². The number of hydrogen-bond acceptors (Lipinski definition) is 7. The van der Waals surface area contributed by atoms with Crippen molar-refractivity contribution in [3.05, 3.63) is 10.9 Å². The predicted octanol–water partition coefficient (Wildman–Crippen LogP) is 2.34. The lowest BCUT2D eigenvalue weighted by atomic mass is 10.3. The molecule has 148 valence electrons. The first-order valence-corrected chi connectivity index (χ1v) is 12.0. The van der Waals surface area contributed by atoms with Crippen LogP contribution in [0.5, 0.6) is 0 Å². The average Bonchev–Trinajstić information content (AvgIpc) is 2.35. The monoisotopic (exact) mass is 424 g/mol. The molecule has 0 fully saturated rings. The Balaban J connectivity index is 6.69. The van der Waals surface area contributed by atoms with E-state index in [4.69, 9.17) is 0 Å². The molecule has 0 amide bonds. The standard InChI is InChI=1S/C11H23O11P3/c1-5-20-23(14,15)9(10(12)13)8(4)11(24(16,17)21-6-2)25(18,19)22-7-3/h11H,5-7H2,1-4H3,(H,12,13)(H,14,15)(H,16,17)(H,18,19)/b9-8+. The third-order valence-corrected chi connectivity index (χ3v) is 9.53. The molecule has 0 saturated heterocycles. The number of carbonyl (C=O) groups is 1. The van der Waals surface area contributed by atoms with E-state index in [0.29, 0.717) is 0 Å². The zero-order valence-corrected chi connectivity index (χ0v) is 16.9. The van der Waals surface area contributed by atoms with Gasteiger partial charge in [-0.1, -0.05) is 0 Å². The number of hydrogen-bond donors (Lipinski definition) is 4. The van der Waals surface area contributed by atoms with Crippen molar-refractivity contribution in [2.45, 2.75) is 33.1 Å². The lowest BCUT2D eigenvalue weighted by molar-refractivity contribution is -0.132. The fourth-order valence-electron chi connectivity index (χ4n) is 2.06. The third kappa shape index (κ3) is 6.40. The van der Waals surface area contributed by atoms with Crippen LogP contribution in [0.4, 0.5) is 0 Å². The summed E-state index contributed by atoms with van der Waals surface area (Å²) in [6.45, 7) is 3.83. The first-order chi connectivity index (χ1) is 11.3. The quantitative estimate of drug-likeness (QED) is 0.283. The molecule has 3 unspecified atom stereocenters. The Bertz CT molecular complexity index is 630. The maximum atomic E-state index is 12.4. The molecule has 0 aliphatic carbocycles. The summed E-state index contributed by atoms with van der Waals surface area (Å²) in [6.07, 6.45) is 0. The minimum Gasteiger partial charge on any atom is -0.477 e. The number of allylic oxidation sites excluding steroid dienone is 1. The second-order valence-corrected chi connectivity index (χ2v) is 10.6. The summed E-state index contributed by atoms with van der Waals surface area (Å²) >= 11 is 0. The molecule has 4 N–H and O–H groups in total. The van der Waals surface area contributed by atoms with Crippen LogP contribution in [0.1, 0.15) is 27.7 Å². The van der Waals surface area contributed by atoms with E-state index in [1.165, 1.54) is 20.8 Å². The lowest BCUT2D eigenvalue weighted by Gasteiger charge is -2.28. The molecular formula is C11H23O11P3. The topological polar surface area (TPSA) is 177 Å². The smallest absolute Gasteiger partial charge is 0.366 e. The van der Waals surface area contributed by atoms with Crippen LogP contribution in [-0.2, 0) is 32.1 Å². The Labute approximate surface area is 145 Å². The summed E-state index contributed by atoms with van der Waals surface area (Å²) in [4.78, 5) is 41.3. The summed E-state index contributed by atoms with van der Waals surface area (Å²) in [6, 6.07) is 0. The van der Waals surface area contributed by atoms with Gasteiger partial charge >= 0.3 is 28.8 Å². The summed E-state index contributed by atoms with van der Waals surface area (Å²) in [7, 11) is -14.8. The first kappa shape index (κ1) is 24.7. The van der Waals surface area contributed by atoms with Gasteiger partial charge in [-0.3, -0.25) is 13.7 Å². The molecule has 0 aromatic carbocycles. The molecule has 0 spiro atoms.